The third-order valence-corrected chi connectivity index (χ3v) is 7.37. The maximum absolute atomic E-state index is 12.5. The van der Waals surface area contributed by atoms with E-state index in [4.69, 9.17) is 14.7 Å². The maximum Gasteiger partial charge on any atom is 0.410 e. The van der Waals surface area contributed by atoms with Gasteiger partial charge in [-0.2, -0.15) is 0 Å². The van der Waals surface area contributed by atoms with Crippen LogP contribution < -0.4 is 4.90 Å². The van der Waals surface area contributed by atoms with Gasteiger partial charge in [0.15, 0.2) is 0 Å². The Labute approximate surface area is 220 Å². The zero-order chi connectivity index (χ0) is 26.2. The summed E-state index contributed by atoms with van der Waals surface area (Å²) in [6, 6.07) is 11.3. The molecule has 1 unspecified atom stereocenters. The highest BCUT2D eigenvalue weighted by Gasteiger charge is 2.30. The molecule has 2 aliphatic rings. The van der Waals surface area contributed by atoms with Gasteiger partial charge in [-0.05, 0) is 77.6 Å². The summed E-state index contributed by atoms with van der Waals surface area (Å²) in [5.41, 5.74) is 5.28. The van der Waals surface area contributed by atoms with Crippen LogP contribution in [0.3, 0.4) is 0 Å². The molecule has 0 saturated carbocycles. The van der Waals surface area contributed by atoms with Crippen LogP contribution in [0.25, 0.3) is 11.0 Å². The van der Waals surface area contributed by atoms with Gasteiger partial charge in [0.05, 0.1) is 29.5 Å². The molecule has 8 nitrogen and oxygen atoms in total. The molecular formula is C29H40N6O2. The number of ether oxygens (including phenoxy) is 1. The third kappa shape index (κ3) is 5.59. The smallest absolute Gasteiger partial charge is 0.410 e. The molecule has 3 aromatic rings. The van der Waals surface area contributed by atoms with Crippen molar-refractivity contribution in [1.82, 2.24) is 24.8 Å². The van der Waals surface area contributed by atoms with Gasteiger partial charge in [0, 0.05) is 38.4 Å². The maximum atomic E-state index is 12.5. The molecular weight excluding hydrogens is 464 g/mol. The summed E-state index contributed by atoms with van der Waals surface area (Å²) in [5.74, 6) is 0.978. The van der Waals surface area contributed by atoms with Gasteiger partial charge in [-0.15, -0.1) is 0 Å². The molecule has 8 heteroatoms. The Morgan fingerprint density at radius 2 is 1.95 bits per heavy atom. The van der Waals surface area contributed by atoms with Crippen LogP contribution in [0.15, 0.2) is 36.5 Å². The Hall–Kier alpha value is -3.13. The number of H-pyrrole nitrogens is 1. The second-order valence-corrected chi connectivity index (χ2v) is 11.5. The number of carbonyl (C=O) groups excluding carboxylic acids is 1. The summed E-state index contributed by atoms with van der Waals surface area (Å²) in [7, 11) is 0. The van der Waals surface area contributed by atoms with E-state index in [0.717, 1.165) is 55.0 Å². The fourth-order valence-corrected chi connectivity index (χ4v) is 5.59. The molecule has 1 aliphatic carbocycles. The first-order valence-corrected chi connectivity index (χ1v) is 13.6. The van der Waals surface area contributed by atoms with Crippen molar-refractivity contribution in [2.24, 2.45) is 0 Å². The number of hydrogen-bond donors (Lipinski definition) is 1. The van der Waals surface area contributed by atoms with Crippen LogP contribution in [0, 0.1) is 0 Å². The van der Waals surface area contributed by atoms with Crippen molar-refractivity contribution in [3.8, 4) is 0 Å². The van der Waals surface area contributed by atoms with Crippen LogP contribution in [-0.4, -0.2) is 68.7 Å². The third-order valence-electron chi connectivity index (χ3n) is 7.37. The molecule has 2 aromatic heterocycles. The number of rotatable bonds is 5. The monoisotopic (exact) mass is 504 g/mol. The van der Waals surface area contributed by atoms with Crippen LogP contribution in [-0.2, 0) is 17.7 Å². The van der Waals surface area contributed by atoms with Crippen molar-refractivity contribution >= 4 is 22.8 Å². The summed E-state index contributed by atoms with van der Waals surface area (Å²) >= 11 is 0. The number of carbonyl (C=O) groups is 1. The zero-order valence-electron chi connectivity index (χ0n) is 22.8. The Morgan fingerprint density at radius 3 is 2.68 bits per heavy atom. The first-order chi connectivity index (χ1) is 17.7. The molecule has 1 aliphatic heterocycles. The van der Waals surface area contributed by atoms with Gasteiger partial charge in [-0.1, -0.05) is 12.1 Å². The van der Waals surface area contributed by atoms with Gasteiger partial charge >= 0.3 is 6.09 Å². The number of pyridine rings is 1. The molecule has 3 heterocycles. The number of nitrogens with zero attached hydrogens (tertiary/aromatic N) is 5. The molecule has 0 radical (unpaired) electrons. The van der Waals surface area contributed by atoms with Crippen molar-refractivity contribution in [2.45, 2.75) is 78.1 Å². The normalized spacial score (nSPS) is 18.5. The van der Waals surface area contributed by atoms with Crippen molar-refractivity contribution in [1.29, 1.82) is 0 Å². The fraction of sp³-hybridized carbons (Fsp3) is 0.552. The lowest BCUT2D eigenvalue weighted by Gasteiger charge is -2.37. The summed E-state index contributed by atoms with van der Waals surface area (Å²) in [5, 5.41) is 0. The Bertz CT molecular complexity index is 1240. The summed E-state index contributed by atoms with van der Waals surface area (Å²) in [6.45, 7) is 13.8. The first-order valence-electron chi connectivity index (χ1n) is 13.6. The van der Waals surface area contributed by atoms with Crippen LogP contribution >= 0.6 is 0 Å². The van der Waals surface area contributed by atoms with E-state index in [-0.39, 0.29) is 6.09 Å². The number of amides is 1. The van der Waals surface area contributed by atoms with Crippen molar-refractivity contribution in [2.75, 3.05) is 31.1 Å². The molecule has 1 aromatic carbocycles. The van der Waals surface area contributed by atoms with Gasteiger partial charge in [-0.25, -0.2) is 9.78 Å². The first kappa shape index (κ1) is 25.5. The number of aromatic amines is 1. The molecule has 5 rings (SSSR count). The second kappa shape index (κ2) is 10.3. The van der Waals surface area contributed by atoms with Gasteiger partial charge in [0.1, 0.15) is 16.9 Å². The standard InChI is InChI=1S/C29H40N6O2/c1-20(2)35(24-13-6-9-21-10-8-14-30-26(21)24)19-25-31-22-11-7-12-23(27(22)32-25)33-15-17-34(18-16-33)28(36)37-29(3,4)5/h7-8,10-12,14,20,24H,6,9,13,15-19H2,1-5H3,(H,31,32). The number of aromatic nitrogens is 3. The number of hydrogen-bond acceptors (Lipinski definition) is 6. The van der Waals surface area contributed by atoms with Crippen LogP contribution in [0.4, 0.5) is 10.5 Å². The van der Waals surface area contributed by atoms with E-state index >= 15 is 0 Å². The molecule has 1 N–H and O–H groups in total. The number of anilines is 1. The van der Waals surface area contributed by atoms with Crippen LogP contribution in [0.2, 0.25) is 0 Å². The van der Waals surface area contributed by atoms with Crippen molar-refractivity contribution in [3.05, 3.63) is 53.6 Å². The van der Waals surface area contributed by atoms with E-state index in [0.29, 0.717) is 25.2 Å². The predicted octanol–water partition coefficient (Wildman–Crippen LogP) is 5.30. The summed E-state index contributed by atoms with van der Waals surface area (Å²) in [6.07, 6.45) is 5.11. The lowest BCUT2D eigenvalue weighted by Crippen LogP contribution is -2.50. The number of benzene rings is 1. The van der Waals surface area contributed by atoms with Gasteiger partial charge in [0.25, 0.3) is 0 Å². The number of nitrogens with one attached hydrogen (secondary N) is 1. The van der Waals surface area contributed by atoms with Crippen LogP contribution in [0.1, 0.15) is 70.6 Å². The molecule has 1 amide bonds. The number of piperazine rings is 1. The van der Waals surface area contributed by atoms with E-state index < -0.39 is 5.60 Å². The van der Waals surface area contributed by atoms with Crippen LogP contribution in [0.5, 0.6) is 0 Å². The predicted molar refractivity (Wildman–Crippen MR) is 147 cm³/mol. The largest absolute Gasteiger partial charge is 0.444 e. The second-order valence-electron chi connectivity index (χ2n) is 11.5. The molecule has 198 valence electrons. The van der Waals surface area contributed by atoms with E-state index in [2.05, 4.69) is 59.0 Å². The molecule has 0 bridgehead atoms. The van der Waals surface area contributed by atoms with Gasteiger partial charge < -0.3 is 19.5 Å². The molecule has 1 atom stereocenters. The molecule has 37 heavy (non-hydrogen) atoms. The Kier molecular flexibility index (Phi) is 7.12. The van der Waals surface area contributed by atoms with E-state index in [1.165, 1.54) is 17.7 Å². The highest BCUT2D eigenvalue weighted by Crippen LogP contribution is 2.35. The molecule has 1 fully saturated rings. The highest BCUT2D eigenvalue weighted by atomic mass is 16.6. The highest BCUT2D eigenvalue weighted by molar-refractivity contribution is 5.89. The number of aryl methyl sites for hydroxylation is 1. The minimum Gasteiger partial charge on any atom is -0.444 e. The quantitative estimate of drug-likeness (QED) is 0.508. The number of para-hydroxylation sites is 1. The average molecular weight is 505 g/mol. The fourth-order valence-electron chi connectivity index (χ4n) is 5.59. The lowest BCUT2D eigenvalue weighted by atomic mass is 9.90. The number of fused-ring (bicyclic) bond motifs is 2. The van der Waals surface area contributed by atoms with Gasteiger partial charge in [-0.3, -0.25) is 9.88 Å². The van der Waals surface area contributed by atoms with Crippen molar-refractivity contribution < 1.29 is 9.53 Å². The summed E-state index contributed by atoms with van der Waals surface area (Å²) in [4.78, 5) is 32.6. The zero-order valence-corrected chi connectivity index (χ0v) is 22.8. The van der Waals surface area contributed by atoms with E-state index in [1.807, 2.05) is 27.0 Å². The van der Waals surface area contributed by atoms with Gasteiger partial charge in [0.2, 0.25) is 0 Å². The van der Waals surface area contributed by atoms with E-state index in [9.17, 15) is 4.79 Å². The molecule has 1 saturated heterocycles. The Balaban J connectivity index is 1.33. The average Bonchev–Trinajstić information content (AvgIpc) is 3.29. The minimum absolute atomic E-state index is 0.236. The lowest BCUT2D eigenvalue weighted by molar-refractivity contribution is 0.0240. The van der Waals surface area contributed by atoms with E-state index in [1.54, 1.807) is 4.90 Å². The van der Waals surface area contributed by atoms with Crippen molar-refractivity contribution in [3.63, 3.8) is 0 Å². The summed E-state index contributed by atoms with van der Waals surface area (Å²) < 4.78 is 5.56. The number of imidazole rings is 1. The topological polar surface area (TPSA) is 77.6 Å². The minimum atomic E-state index is -0.481. The SMILES string of the molecule is CC(C)N(Cc1nc2c(N3CCN(C(=O)OC(C)(C)C)CC3)cccc2[nH]1)C1CCCc2cccnc21. The molecule has 0 spiro atoms. The Morgan fingerprint density at radius 1 is 1.16 bits per heavy atom.